The second kappa shape index (κ2) is 11.2. The van der Waals surface area contributed by atoms with Crippen LogP contribution in [0, 0.1) is 10.1 Å². The maximum atomic E-state index is 13.7. The van der Waals surface area contributed by atoms with Crippen LogP contribution in [0.1, 0.15) is 31.0 Å². The molecular formula is C26H22BrN3O7S. The van der Waals surface area contributed by atoms with Crippen LogP contribution in [0.5, 0.6) is 11.5 Å². The number of hydrogen-bond donors (Lipinski definition) is 1. The smallest absolute Gasteiger partial charge is 0.338 e. The van der Waals surface area contributed by atoms with Gasteiger partial charge in [0.05, 0.1) is 33.4 Å². The summed E-state index contributed by atoms with van der Waals surface area (Å²) in [6.07, 6.45) is 2.98. The van der Waals surface area contributed by atoms with E-state index in [9.17, 15) is 24.8 Å². The number of fused-ring (bicyclic) bond motifs is 1. The Morgan fingerprint density at radius 2 is 2.05 bits per heavy atom. The van der Waals surface area contributed by atoms with Gasteiger partial charge in [-0.1, -0.05) is 52.1 Å². The second-order valence-corrected chi connectivity index (χ2v) is 10.0. The van der Waals surface area contributed by atoms with Crippen molar-refractivity contribution in [2.45, 2.75) is 19.9 Å². The number of nitro benzene ring substituents is 1. The SMILES string of the molecule is C=CCOc1ccc([C@@H]2C(C(=O)OCC)=C(C)N=c3s/c(=C\c4cc(Br)cc([N+](=O)[O-])c4O)c(=O)n32)cc1. The number of carbonyl (C=O) groups is 1. The first kappa shape index (κ1) is 27.0. The number of aromatic nitrogens is 1. The lowest BCUT2D eigenvalue weighted by molar-refractivity contribution is -0.385. The fraction of sp³-hybridized carbons (Fsp3) is 0.192. The van der Waals surface area contributed by atoms with Crippen molar-refractivity contribution < 1.29 is 24.3 Å². The predicted molar refractivity (Wildman–Crippen MR) is 145 cm³/mol. The van der Waals surface area contributed by atoms with E-state index in [2.05, 4.69) is 27.5 Å². The molecule has 0 bridgehead atoms. The molecule has 196 valence electrons. The van der Waals surface area contributed by atoms with Gasteiger partial charge in [0.15, 0.2) is 4.80 Å². The molecule has 2 heterocycles. The normalized spacial score (nSPS) is 15.0. The number of phenols is 1. The topological polar surface area (TPSA) is 133 Å². The molecule has 0 aliphatic carbocycles. The highest BCUT2D eigenvalue weighted by atomic mass is 79.9. The Hall–Kier alpha value is -4.03. The van der Waals surface area contributed by atoms with Gasteiger partial charge in [-0.05, 0) is 43.7 Å². The Morgan fingerprint density at radius 1 is 1.34 bits per heavy atom. The number of allylic oxidation sites excluding steroid dienone is 1. The highest BCUT2D eigenvalue weighted by Crippen LogP contribution is 2.34. The van der Waals surface area contributed by atoms with Gasteiger partial charge in [-0.25, -0.2) is 9.79 Å². The number of esters is 1. The van der Waals surface area contributed by atoms with Crippen LogP contribution in [0.3, 0.4) is 0 Å². The number of rotatable bonds is 8. The number of hydrogen-bond acceptors (Lipinski definition) is 9. The van der Waals surface area contributed by atoms with E-state index >= 15 is 0 Å². The van der Waals surface area contributed by atoms with E-state index in [0.717, 1.165) is 11.3 Å². The molecule has 0 spiro atoms. The summed E-state index contributed by atoms with van der Waals surface area (Å²) >= 11 is 4.24. The van der Waals surface area contributed by atoms with Gasteiger partial charge in [0, 0.05) is 16.1 Å². The van der Waals surface area contributed by atoms with Gasteiger partial charge < -0.3 is 14.6 Å². The zero-order valence-electron chi connectivity index (χ0n) is 20.3. The van der Waals surface area contributed by atoms with E-state index < -0.39 is 33.9 Å². The Morgan fingerprint density at radius 3 is 2.68 bits per heavy atom. The van der Waals surface area contributed by atoms with Crippen molar-refractivity contribution >= 4 is 45.0 Å². The maximum Gasteiger partial charge on any atom is 0.338 e. The summed E-state index contributed by atoms with van der Waals surface area (Å²) in [5.74, 6) is -0.578. The van der Waals surface area contributed by atoms with E-state index in [1.807, 2.05) is 0 Å². The summed E-state index contributed by atoms with van der Waals surface area (Å²) in [7, 11) is 0. The van der Waals surface area contributed by atoms with E-state index in [4.69, 9.17) is 9.47 Å². The number of ether oxygens (including phenoxy) is 2. The number of carbonyl (C=O) groups excluding carboxylic acids is 1. The summed E-state index contributed by atoms with van der Waals surface area (Å²) in [5, 5.41) is 21.8. The van der Waals surface area contributed by atoms with Gasteiger partial charge in [0.2, 0.25) is 5.75 Å². The molecule has 0 saturated heterocycles. The van der Waals surface area contributed by atoms with E-state index in [-0.39, 0.29) is 22.3 Å². The Bertz CT molecular complexity index is 1660. The standard InChI is InChI=1S/C26H22BrN3O7S/c1-4-10-37-18-8-6-15(7-9-18)22-21(25(33)36-5-2)14(3)28-26-29(22)24(32)20(38-26)12-16-11-17(27)13-19(23(16)31)30(34)35/h4,6-9,11-13,22,31H,1,5,10H2,2-3H3/b20-12-/t22-/m1/s1. The minimum absolute atomic E-state index is 0.0814. The maximum absolute atomic E-state index is 13.7. The van der Waals surface area contributed by atoms with E-state index in [1.54, 1.807) is 44.2 Å². The second-order valence-electron chi connectivity index (χ2n) is 8.09. The molecule has 38 heavy (non-hydrogen) atoms. The molecule has 1 aliphatic rings. The molecular weight excluding hydrogens is 578 g/mol. The molecule has 2 aromatic carbocycles. The molecule has 0 radical (unpaired) electrons. The van der Waals surface area contributed by atoms with Crippen LogP contribution in [0.2, 0.25) is 0 Å². The average molecular weight is 600 g/mol. The number of thiazole rings is 1. The van der Waals surface area contributed by atoms with Crippen molar-refractivity contribution in [1.29, 1.82) is 0 Å². The first-order valence-electron chi connectivity index (χ1n) is 11.4. The first-order valence-corrected chi connectivity index (χ1v) is 13.0. The highest BCUT2D eigenvalue weighted by molar-refractivity contribution is 9.10. The molecule has 0 saturated carbocycles. The number of nitro groups is 1. The monoisotopic (exact) mass is 599 g/mol. The zero-order chi connectivity index (χ0) is 27.6. The zero-order valence-corrected chi connectivity index (χ0v) is 22.7. The lowest BCUT2D eigenvalue weighted by Crippen LogP contribution is -2.39. The fourth-order valence-electron chi connectivity index (χ4n) is 4.00. The fourth-order valence-corrected chi connectivity index (χ4v) is 5.51. The Balaban J connectivity index is 1.93. The predicted octanol–water partition coefficient (Wildman–Crippen LogP) is 3.74. The molecule has 1 aliphatic heterocycles. The summed E-state index contributed by atoms with van der Waals surface area (Å²) < 4.78 is 12.8. The van der Waals surface area contributed by atoms with Gasteiger partial charge >= 0.3 is 11.7 Å². The van der Waals surface area contributed by atoms with Crippen LogP contribution in [-0.2, 0) is 9.53 Å². The van der Waals surface area contributed by atoms with Crippen LogP contribution in [0.25, 0.3) is 6.08 Å². The van der Waals surface area contributed by atoms with Gasteiger partial charge in [0.1, 0.15) is 12.4 Å². The van der Waals surface area contributed by atoms with Crippen molar-refractivity contribution in [2.75, 3.05) is 13.2 Å². The molecule has 1 N–H and O–H groups in total. The third kappa shape index (κ3) is 5.18. The van der Waals surface area contributed by atoms with Crippen LogP contribution in [-0.4, -0.2) is 33.8 Å². The van der Waals surface area contributed by atoms with E-state index in [1.165, 1.54) is 22.8 Å². The van der Waals surface area contributed by atoms with Crippen molar-refractivity contribution in [3.63, 3.8) is 0 Å². The largest absolute Gasteiger partial charge is 0.502 e. The number of aromatic hydroxyl groups is 1. The summed E-state index contributed by atoms with van der Waals surface area (Å²) in [4.78, 5) is 42.2. The Kier molecular flexibility index (Phi) is 7.93. The lowest BCUT2D eigenvalue weighted by atomic mass is 9.96. The van der Waals surface area contributed by atoms with Crippen LogP contribution < -0.4 is 19.6 Å². The molecule has 3 aromatic rings. The van der Waals surface area contributed by atoms with Gasteiger partial charge in [-0.3, -0.25) is 19.5 Å². The van der Waals surface area contributed by atoms with Gasteiger partial charge in [0.25, 0.3) is 5.56 Å². The average Bonchev–Trinajstić information content (AvgIpc) is 3.18. The Labute approximate surface area is 228 Å². The third-order valence-electron chi connectivity index (χ3n) is 5.65. The van der Waals surface area contributed by atoms with Gasteiger partial charge in [-0.15, -0.1) is 0 Å². The summed E-state index contributed by atoms with van der Waals surface area (Å²) in [6, 6.07) is 8.76. The molecule has 1 aromatic heterocycles. The molecule has 0 amide bonds. The molecule has 12 heteroatoms. The number of benzene rings is 2. The minimum Gasteiger partial charge on any atom is -0.502 e. The van der Waals surface area contributed by atoms with Crippen molar-refractivity contribution in [3.8, 4) is 11.5 Å². The lowest BCUT2D eigenvalue weighted by Gasteiger charge is -2.24. The van der Waals surface area contributed by atoms with Gasteiger partial charge in [-0.2, -0.15) is 0 Å². The minimum atomic E-state index is -0.841. The number of phenolic OH excluding ortho intramolecular Hbond substituents is 1. The van der Waals surface area contributed by atoms with Crippen molar-refractivity contribution in [2.24, 2.45) is 4.99 Å². The van der Waals surface area contributed by atoms with Crippen LogP contribution >= 0.6 is 27.3 Å². The molecule has 4 rings (SSSR count). The number of nitrogens with zero attached hydrogens (tertiary/aromatic N) is 3. The molecule has 0 fully saturated rings. The summed E-state index contributed by atoms with van der Waals surface area (Å²) in [5.41, 5.74) is 0.332. The quantitative estimate of drug-likeness (QED) is 0.180. The van der Waals surface area contributed by atoms with Crippen LogP contribution in [0.15, 0.2) is 74.6 Å². The molecule has 1 atom stereocenters. The van der Waals surface area contributed by atoms with Crippen molar-refractivity contribution in [3.05, 3.63) is 106 Å². The highest BCUT2D eigenvalue weighted by Gasteiger charge is 2.33. The van der Waals surface area contributed by atoms with Crippen LogP contribution in [0.4, 0.5) is 5.69 Å². The third-order valence-corrected chi connectivity index (χ3v) is 7.09. The first-order chi connectivity index (χ1) is 18.2. The molecule has 0 unspecified atom stereocenters. The van der Waals surface area contributed by atoms with E-state index in [0.29, 0.717) is 32.9 Å². The molecule has 10 nitrogen and oxygen atoms in total. The van der Waals surface area contributed by atoms with Crippen molar-refractivity contribution in [1.82, 2.24) is 4.57 Å². The number of halogens is 1. The summed E-state index contributed by atoms with van der Waals surface area (Å²) in [6.45, 7) is 7.45.